The van der Waals surface area contributed by atoms with Crippen LogP contribution in [0.2, 0.25) is 0 Å². The van der Waals surface area contributed by atoms with Gasteiger partial charge in [-0.2, -0.15) is 4.68 Å². The number of hydrogen-bond acceptors (Lipinski definition) is 5. The van der Waals surface area contributed by atoms with Gasteiger partial charge in [-0.05, 0) is 0 Å². The maximum absolute atomic E-state index is 11.7. The van der Waals surface area contributed by atoms with Gasteiger partial charge in [-0.1, -0.05) is 20.8 Å². The van der Waals surface area contributed by atoms with Crippen molar-refractivity contribution < 1.29 is 4.21 Å². The quantitative estimate of drug-likeness (QED) is 0.650. The predicted molar refractivity (Wildman–Crippen MR) is 57.5 cm³/mol. The summed E-state index contributed by atoms with van der Waals surface area (Å²) in [6.07, 6.45) is 1.39. The van der Waals surface area contributed by atoms with Crippen molar-refractivity contribution in [2.24, 2.45) is 0 Å². The van der Waals surface area contributed by atoms with E-state index in [1.54, 1.807) is 0 Å². The zero-order valence-corrected chi connectivity index (χ0v) is 9.96. The lowest BCUT2D eigenvalue weighted by atomic mass is 9.93. The lowest BCUT2D eigenvalue weighted by Crippen LogP contribution is -2.39. The largest absolute Gasteiger partial charge is 0.334 e. The van der Waals surface area contributed by atoms with Crippen molar-refractivity contribution >= 4 is 10.8 Å². The Kier molecular flexibility index (Phi) is 2.94. The van der Waals surface area contributed by atoms with Gasteiger partial charge < -0.3 is 5.84 Å². The first kappa shape index (κ1) is 11.8. The molecule has 15 heavy (non-hydrogen) atoms. The Morgan fingerprint density at radius 3 is 2.27 bits per heavy atom. The van der Waals surface area contributed by atoms with Crippen LogP contribution in [0.25, 0.3) is 0 Å². The lowest BCUT2D eigenvalue weighted by molar-refractivity contribution is 0.517. The fourth-order valence-corrected chi connectivity index (χ4v) is 1.57. The number of hydrogen-bond donors (Lipinski definition) is 1. The molecule has 6 nitrogen and oxygen atoms in total. The van der Waals surface area contributed by atoms with E-state index in [1.165, 1.54) is 6.26 Å². The Morgan fingerprint density at radius 2 is 1.87 bits per heavy atom. The van der Waals surface area contributed by atoms with Crippen molar-refractivity contribution in [1.29, 1.82) is 0 Å². The van der Waals surface area contributed by atoms with Gasteiger partial charge in [0.25, 0.3) is 5.56 Å². The van der Waals surface area contributed by atoms with Crippen LogP contribution in [-0.4, -0.2) is 25.3 Å². The normalized spacial score (nSPS) is 13.9. The lowest BCUT2D eigenvalue weighted by Gasteiger charge is -2.16. The van der Waals surface area contributed by atoms with Crippen molar-refractivity contribution in [2.45, 2.75) is 31.3 Å². The van der Waals surface area contributed by atoms with Gasteiger partial charge in [-0.15, -0.1) is 10.2 Å². The summed E-state index contributed by atoms with van der Waals surface area (Å²) in [6, 6.07) is 0. The highest BCUT2D eigenvalue weighted by Crippen LogP contribution is 2.15. The minimum absolute atomic E-state index is 0.0204. The Hall–Kier alpha value is -1.24. The second-order valence-corrected chi connectivity index (χ2v) is 5.48. The molecule has 0 saturated heterocycles. The van der Waals surface area contributed by atoms with Crippen LogP contribution in [0.3, 0.4) is 0 Å². The molecule has 0 aliphatic carbocycles. The third kappa shape index (κ3) is 2.23. The highest BCUT2D eigenvalue weighted by molar-refractivity contribution is 7.84. The van der Waals surface area contributed by atoms with E-state index in [0.29, 0.717) is 0 Å². The molecule has 1 aromatic rings. The molecule has 0 aliphatic heterocycles. The first-order valence-corrected chi connectivity index (χ1v) is 5.89. The molecule has 0 fully saturated rings. The van der Waals surface area contributed by atoms with Crippen molar-refractivity contribution in [3.05, 3.63) is 16.0 Å². The maximum Gasteiger partial charge on any atom is 0.295 e. The molecule has 1 unspecified atom stereocenters. The maximum atomic E-state index is 11.7. The first-order chi connectivity index (χ1) is 6.75. The summed E-state index contributed by atoms with van der Waals surface area (Å²) in [6.45, 7) is 5.50. The molecule has 1 heterocycles. The summed E-state index contributed by atoms with van der Waals surface area (Å²) in [5.41, 5.74) is -0.624. The predicted octanol–water partition coefficient (Wildman–Crippen LogP) is -0.613. The van der Waals surface area contributed by atoms with Crippen LogP contribution in [0, 0.1) is 0 Å². The van der Waals surface area contributed by atoms with Crippen LogP contribution >= 0.6 is 0 Å². The molecule has 0 amide bonds. The molecule has 1 aromatic heterocycles. The van der Waals surface area contributed by atoms with E-state index in [2.05, 4.69) is 10.2 Å². The molecule has 2 N–H and O–H groups in total. The van der Waals surface area contributed by atoms with E-state index in [9.17, 15) is 9.00 Å². The van der Waals surface area contributed by atoms with Crippen LogP contribution in [0.15, 0.2) is 9.95 Å². The van der Waals surface area contributed by atoms with Crippen molar-refractivity contribution in [2.75, 3.05) is 12.1 Å². The molecule has 0 radical (unpaired) electrons. The Morgan fingerprint density at radius 1 is 1.33 bits per heavy atom. The second kappa shape index (κ2) is 3.73. The number of aromatic nitrogens is 3. The summed E-state index contributed by atoms with van der Waals surface area (Å²) < 4.78 is 11.9. The average Bonchev–Trinajstić information content (AvgIpc) is 2.06. The number of nitrogen functional groups attached to an aromatic ring is 1. The third-order valence-electron chi connectivity index (χ3n) is 1.83. The van der Waals surface area contributed by atoms with Gasteiger partial charge in [0.15, 0.2) is 0 Å². The van der Waals surface area contributed by atoms with Crippen molar-refractivity contribution in [3.8, 4) is 0 Å². The number of rotatable bonds is 1. The first-order valence-electron chi connectivity index (χ1n) is 4.34. The van der Waals surface area contributed by atoms with Gasteiger partial charge in [-0.3, -0.25) is 9.00 Å². The van der Waals surface area contributed by atoms with Crippen LogP contribution in [0.1, 0.15) is 26.5 Å². The summed E-state index contributed by atoms with van der Waals surface area (Å²) >= 11 is 0. The molecule has 0 bridgehead atoms. The van der Waals surface area contributed by atoms with E-state index in [4.69, 9.17) is 5.84 Å². The standard InChI is InChI=1S/C8H14N4O2S/c1-8(2,3)5-6(13)12(9)7(11-10-5)15(4)14/h9H2,1-4H3. The minimum atomic E-state index is -1.42. The zero-order valence-electron chi connectivity index (χ0n) is 9.14. The Bertz CT molecular complexity index is 461. The van der Waals surface area contributed by atoms with Crippen LogP contribution in [0.5, 0.6) is 0 Å². The molecule has 7 heteroatoms. The monoisotopic (exact) mass is 230 g/mol. The van der Waals surface area contributed by atoms with Crippen molar-refractivity contribution in [3.63, 3.8) is 0 Å². The topological polar surface area (TPSA) is 90.9 Å². The highest BCUT2D eigenvalue weighted by atomic mass is 32.2. The number of nitrogens with two attached hydrogens (primary N) is 1. The van der Waals surface area contributed by atoms with Gasteiger partial charge >= 0.3 is 0 Å². The van der Waals surface area contributed by atoms with Crippen LogP contribution < -0.4 is 11.4 Å². The Labute approximate surface area is 89.9 Å². The van der Waals surface area contributed by atoms with Crippen molar-refractivity contribution in [1.82, 2.24) is 14.9 Å². The molecule has 1 atom stereocenters. The molecule has 0 saturated carbocycles. The van der Waals surface area contributed by atoms with E-state index in [0.717, 1.165) is 4.68 Å². The molecule has 1 rings (SSSR count). The number of nitrogens with zero attached hydrogens (tertiary/aromatic N) is 3. The van der Waals surface area contributed by atoms with E-state index in [-0.39, 0.29) is 10.9 Å². The van der Waals surface area contributed by atoms with Gasteiger partial charge in [0, 0.05) is 11.7 Å². The fourth-order valence-electron chi connectivity index (χ4n) is 1.05. The molecule has 0 aromatic carbocycles. The smallest absolute Gasteiger partial charge is 0.295 e. The third-order valence-corrected chi connectivity index (χ3v) is 2.62. The Balaban J connectivity index is 3.48. The summed E-state index contributed by atoms with van der Waals surface area (Å²) in [5.74, 6) is 5.49. The highest BCUT2D eigenvalue weighted by Gasteiger charge is 2.23. The zero-order chi connectivity index (χ0) is 11.8. The van der Waals surface area contributed by atoms with Gasteiger partial charge in [0.1, 0.15) is 5.69 Å². The van der Waals surface area contributed by atoms with E-state index in [1.807, 2.05) is 20.8 Å². The van der Waals surface area contributed by atoms with Gasteiger partial charge in [0.2, 0.25) is 5.16 Å². The van der Waals surface area contributed by atoms with Gasteiger partial charge in [0.05, 0.1) is 10.8 Å². The van der Waals surface area contributed by atoms with E-state index >= 15 is 0 Å². The minimum Gasteiger partial charge on any atom is -0.334 e. The van der Waals surface area contributed by atoms with E-state index < -0.39 is 21.8 Å². The molecule has 84 valence electrons. The fraction of sp³-hybridized carbons (Fsp3) is 0.625. The summed E-state index contributed by atoms with van der Waals surface area (Å²) in [7, 11) is -1.42. The average molecular weight is 230 g/mol. The summed E-state index contributed by atoms with van der Waals surface area (Å²) in [4.78, 5) is 11.7. The summed E-state index contributed by atoms with van der Waals surface area (Å²) in [5, 5.41) is 7.45. The van der Waals surface area contributed by atoms with Gasteiger partial charge in [-0.25, -0.2) is 0 Å². The SMILES string of the molecule is CS(=O)c1nnc(C(C)(C)C)c(=O)n1N. The molecule has 0 spiro atoms. The molecular formula is C8H14N4O2S. The van der Waals surface area contributed by atoms with Crippen LogP contribution in [-0.2, 0) is 16.2 Å². The molecule has 0 aliphatic rings. The van der Waals surface area contributed by atoms with Crippen LogP contribution in [0.4, 0.5) is 0 Å². The second-order valence-electron chi connectivity index (χ2n) is 4.21. The molecular weight excluding hydrogens is 216 g/mol.